The molecule has 1 fully saturated rings. The summed E-state index contributed by atoms with van der Waals surface area (Å²) in [5.74, 6) is 0.553. The minimum absolute atomic E-state index is 0.0450. The molecule has 122 valence electrons. The van der Waals surface area contributed by atoms with Crippen molar-refractivity contribution in [1.82, 2.24) is 19.5 Å². The van der Waals surface area contributed by atoms with E-state index in [0.29, 0.717) is 18.0 Å². The van der Waals surface area contributed by atoms with E-state index in [1.807, 2.05) is 46.0 Å². The van der Waals surface area contributed by atoms with Crippen molar-refractivity contribution in [2.24, 2.45) is 0 Å². The molecule has 1 aliphatic heterocycles. The molecule has 0 saturated carbocycles. The molecule has 3 aromatic heterocycles. The van der Waals surface area contributed by atoms with Crippen molar-refractivity contribution in [3.05, 3.63) is 60.6 Å². The highest BCUT2D eigenvalue weighted by Gasteiger charge is 2.26. The van der Waals surface area contributed by atoms with Gasteiger partial charge in [-0.2, -0.15) is 5.10 Å². The number of amides is 1. The van der Waals surface area contributed by atoms with Crippen LogP contribution in [0.3, 0.4) is 0 Å². The zero-order valence-electron chi connectivity index (χ0n) is 13.2. The molecular formula is C18H18N4O2. The van der Waals surface area contributed by atoms with Gasteiger partial charge in [-0.25, -0.2) is 0 Å². The first-order valence-electron chi connectivity index (χ1n) is 8.10. The number of hydrogen-bond donors (Lipinski definition) is 0. The van der Waals surface area contributed by atoms with Crippen molar-refractivity contribution in [1.29, 1.82) is 0 Å². The van der Waals surface area contributed by atoms with Gasteiger partial charge in [0.1, 0.15) is 6.10 Å². The van der Waals surface area contributed by atoms with E-state index in [2.05, 4.69) is 10.2 Å². The summed E-state index contributed by atoms with van der Waals surface area (Å²) in [6, 6.07) is 11.4. The van der Waals surface area contributed by atoms with Crippen LogP contribution in [0.5, 0.6) is 5.88 Å². The van der Waals surface area contributed by atoms with Gasteiger partial charge >= 0.3 is 0 Å². The first-order chi connectivity index (χ1) is 11.8. The third kappa shape index (κ3) is 2.95. The topological polar surface area (TPSA) is 59.7 Å². The molecule has 0 bridgehead atoms. The van der Waals surface area contributed by atoms with Gasteiger partial charge in [0.05, 0.1) is 12.1 Å². The lowest BCUT2D eigenvalue weighted by atomic mass is 10.1. The fraction of sp³-hybridized carbons (Fsp3) is 0.278. The molecule has 24 heavy (non-hydrogen) atoms. The molecule has 1 amide bonds. The Morgan fingerprint density at radius 3 is 3.04 bits per heavy atom. The summed E-state index contributed by atoms with van der Waals surface area (Å²) in [5.41, 5.74) is 1.73. The van der Waals surface area contributed by atoms with Crippen LogP contribution < -0.4 is 4.74 Å². The Kier molecular flexibility index (Phi) is 3.86. The molecule has 4 rings (SSSR count). The summed E-state index contributed by atoms with van der Waals surface area (Å²) in [5, 5.41) is 7.77. The highest BCUT2D eigenvalue weighted by molar-refractivity contribution is 5.95. The average molecular weight is 322 g/mol. The molecule has 6 nitrogen and oxygen atoms in total. The van der Waals surface area contributed by atoms with Crippen LogP contribution >= 0.6 is 0 Å². The zero-order chi connectivity index (χ0) is 16.4. The SMILES string of the molecule is O=C(c1cc2ccccn2c1)N1CCC[C@@H](Oc2cccnn2)C1. The van der Waals surface area contributed by atoms with Gasteiger partial charge in [-0.1, -0.05) is 6.07 Å². The number of piperidine rings is 1. The van der Waals surface area contributed by atoms with Crippen LogP contribution in [0.25, 0.3) is 5.52 Å². The number of likely N-dealkylation sites (tertiary alicyclic amines) is 1. The van der Waals surface area contributed by atoms with Gasteiger partial charge in [-0.3, -0.25) is 4.79 Å². The average Bonchev–Trinajstić information content (AvgIpc) is 3.06. The molecule has 4 heterocycles. The molecule has 0 spiro atoms. The Hall–Kier alpha value is -2.89. The molecule has 0 aromatic carbocycles. The second-order valence-corrected chi connectivity index (χ2v) is 5.96. The smallest absolute Gasteiger partial charge is 0.255 e. The van der Waals surface area contributed by atoms with Crippen LogP contribution in [0.2, 0.25) is 0 Å². The number of hydrogen-bond acceptors (Lipinski definition) is 4. The predicted molar refractivity (Wildman–Crippen MR) is 89.0 cm³/mol. The Morgan fingerprint density at radius 1 is 1.25 bits per heavy atom. The molecule has 1 atom stereocenters. The Labute approximate surface area is 139 Å². The van der Waals surface area contributed by atoms with E-state index in [1.54, 1.807) is 18.3 Å². The lowest BCUT2D eigenvalue weighted by Crippen LogP contribution is -2.44. The standard InChI is InChI=1S/C18H18N4O2/c23-18(14-11-15-5-1-2-9-21(15)12-14)22-10-4-6-16(13-22)24-17-7-3-8-19-20-17/h1-3,5,7-9,11-12,16H,4,6,10,13H2/t16-/m1/s1. The molecule has 6 heteroatoms. The number of fused-ring (bicyclic) bond motifs is 1. The molecule has 0 unspecified atom stereocenters. The second-order valence-electron chi connectivity index (χ2n) is 5.96. The Bertz CT molecular complexity index is 813. The summed E-state index contributed by atoms with van der Waals surface area (Å²) in [6.45, 7) is 1.33. The summed E-state index contributed by atoms with van der Waals surface area (Å²) >= 11 is 0. The number of aromatic nitrogens is 3. The molecule has 1 aliphatic rings. The van der Waals surface area contributed by atoms with Crippen LogP contribution in [-0.2, 0) is 0 Å². The molecular weight excluding hydrogens is 304 g/mol. The number of nitrogens with zero attached hydrogens (tertiary/aromatic N) is 4. The fourth-order valence-corrected chi connectivity index (χ4v) is 3.09. The first kappa shape index (κ1) is 14.7. The third-order valence-corrected chi connectivity index (χ3v) is 4.25. The normalized spacial score (nSPS) is 17.8. The van der Waals surface area contributed by atoms with E-state index < -0.39 is 0 Å². The number of carbonyl (C=O) groups is 1. The largest absolute Gasteiger partial charge is 0.471 e. The van der Waals surface area contributed by atoms with E-state index in [-0.39, 0.29) is 12.0 Å². The van der Waals surface area contributed by atoms with Crippen LogP contribution in [0.1, 0.15) is 23.2 Å². The highest BCUT2D eigenvalue weighted by atomic mass is 16.5. The number of rotatable bonds is 3. The molecule has 1 saturated heterocycles. The van der Waals surface area contributed by atoms with Crippen LogP contribution in [0.15, 0.2) is 55.0 Å². The van der Waals surface area contributed by atoms with Crippen LogP contribution in [0, 0.1) is 0 Å². The van der Waals surface area contributed by atoms with E-state index in [0.717, 1.165) is 24.9 Å². The Balaban J connectivity index is 1.48. The van der Waals surface area contributed by atoms with Crippen molar-refractivity contribution in [2.75, 3.05) is 13.1 Å². The third-order valence-electron chi connectivity index (χ3n) is 4.25. The van der Waals surface area contributed by atoms with Gasteiger partial charge in [0, 0.05) is 36.7 Å². The van der Waals surface area contributed by atoms with E-state index in [1.165, 1.54) is 0 Å². The van der Waals surface area contributed by atoms with Crippen molar-refractivity contribution in [3.8, 4) is 5.88 Å². The second kappa shape index (κ2) is 6.31. The Morgan fingerprint density at radius 2 is 2.21 bits per heavy atom. The van der Waals surface area contributed by atoms with Crippen LogP contribution in [0.4, 0.5) is 0 Å². The van der Waals surface area contributed by atoms with Crippen molar-refractivity contribution in [3.63, 3.8) is 0 Å². The quantitative estimate of drug-likeness (QED) is 0.743. The van der Waals surface area contributed by atoms with Crippen molar-refractivity contribution < 1.29 is 9.53 Å². The molecule has 0 N–H and O–H groups in total. The highest BCUT2D eigenvalue weighted by Crippen LogP contribution is 2.19. The van der Waals surface area contributed by atoms with E-state index >= 15 is 0 Å². The van der Waals surface area contributed by atoms with Gasteiger partial charge in [0.25, 0.3) is 5.91 Å². The summed E-state index contributed by atoms with van der Waals surface area (Å²) in [7, 11) is 0. The van der Waals surface area contributed by atoms with E-state index in [9.17, 15) is 4.79 Å². The monoisotopic (exact) mass is 322 g/mol. The molecule has 3 aromatic rings. The lowest BCUT2D eigenvalue weighted by molar-refractivity contribution is 0.0525. The summed E-state index contributed by atoms with van der Waals surface area (Å²) < 4.78 is 7.82. The maximum atomic E-state index is 12.8. The van der Waals surface area contributed by atoms with Gasteiger partial charge in [0.15, 0.2) is 0 Å². The fourth-order valence-electron chi connectivity index (χ4n) is 3.09. The zero-order valence-corrected chi connectivity index (χ0v) is 13.2. The summed E-state index contributed by atoms with van der Waals surface area (Å²) in [4.78, 5) is 14.7. The molecule has 0 radical (unpaired) electrons. The minimum atomic E-state index is -0.0450. The predicted octanol–water partition coefficient (Wildman–Crippen LogP) is 2.41. The van der Waals surface area contributed by atoms with Crippen LogP contribution in [-0.4, -0.2) is 44.6 Å². The minimum Gasteiger partial charge on any atom is -0.471 e. The van der Waals surface area contributed by atoms with Gasteiger partial charge in [0.2, 0.25) is 5.88 Å². The maximum Gasteiger partial charge on any atom is 0.255 e. The number of ether oxygens (including phenoxy) is 1. The summed E-state index contributed by atoms with van der Waals surface area (Å²) in [6.07, 6.45) is 7.23. The number of pyridine rings is 1. The maximum absolute atomic E-state index is 12.8. The van der Waals surface area contributed by atoms with Crippen molar-refractivity contribution >= 4 is 11.4 Å². The number of carbonyl (C=O) groups excluding carboxylic acids is 1. The van der Waals surface area contributed by atoms with Gasteiger partial charge in [-0.05, 0) is 37.1 Å². The molecule has 0 aliphatic carbocycles. The van der Waals surface area contributed by atoms with E-state index in [4.69, 9.17) is 4.74 Å². The lowest BCUT2D eigenvalue weighted by Gasteiger charge is -2.32. The first-order valence-corrected chi connectivity index (χ1v) is 8.10. The van der Waals surface area contributed by atoms with Crippen molar-refractivity contribution in [2.45, 2.75) is 18.9 Å². The van der Waals surface area contributed by atoms with Gasteiger partial charge < -0.3 is 14.0 Å². The van der Waals surface area contributed by atoms with Gasteiger partial charge in [-0.15, -0.1) is 5.10 Å².